The molecular formula is C18H18N4O2. The Labute approximate surface area is 139 Å². The Balaban J connectivity index is 1.66. The van der Waals surface area contributed by atoms with Gasteiger partial charge in [0.25, 0.3) is 5.91 Å². The summed E-state index contributed by atoms with van der Waals surface area (Å²) in [6.07, 6.45) is 3.97. The van der Waals surface area contributed by atoms with Crippen LogP contribution in [0.3, 0.4) is 0 Å². The van der Waals surface area contributed by atoms with Crippen LogP contribution in [0.4, 0.5) is 0 Å². The molecule has 1 aromatic carbocycles. The number of hydrogen-bond donors (Lipinski definition) is 2. The summed E-state index contributed by atoms with van der Waals surface area (Å²) in [7, 11) is 1.62. The highest BCUT2D eigenvalue weighted by Crippen LogP contribution is 2.23. The molecule has 6 heteroatoms. The molecule has 2 heterocycles. The Morgan fingerprint density at radius 3 is 2.75 bits per heavy atom. The number of pyridine rings is 1. The molecule has 1 amide bonds. The first-order chi connectivity index (χ1) is 11.8. The van der Waals surface area contributed by atoms with Gasteiger partial charge >= 0.3 is 0 Å². The average molecular weight is 322 g/mol. The molecule has 0 saturated heterocycles. The molecule has 3 rings (SSSR count). The molecule has 24 heavy (non-hydrogen) atoms. The van der Waals surface area contributed by atoms with Gasteiger partial charge in [-0.2, -0.15) is 5.10 Å². The molecule has 0 fully saturated rings. The number of nitrogens with one attached hydrogen (secondary N) is 2. The van der Waals surface area contributed by atoms with Crippen molar-refractivity contribution in [3.8, 4) is 17.0 Å². The summed E-state index contributed by atoms with van der Waals surface area (Å²) in [5.74, 6) is 0.602. The van der Waals surface area contributed by atoms with E-state index in [2.05, 4.69) is 20.5 Å². The topological polar surface area (TPSA) is 79.9 Å². The van der Waals surface area contributed by atoms with Crippen LogP contribution in [0.5, 0.6) is 5.75 Å². The standard InChI is InChI=1S/C18H18N4O2/c1-24-15-7-5-13(6-8-15)17-16(12-21-22-17)18(23)20-11-9-14-4-2-3-10-19-14/h2-8,10,12H,9,11H2,1H3,(H,20,23)(H,21,22). The van der Waals surface area contributed by atoms with Crippen LogP contribution in [0.1, 0.15) is 16.1 Å². The van der Waals surface area contributed by atoms with E-state index in [1.54, 1.807) is 13.3 Å². The molecule has 6 nitrogen and oxygen atoms in total. The van der Waals surface area contributed by atoms with Gasteiger partial charge in [0.05, 0.1) is 24.6 Å². The van der Waals surface area contributed by atoms with Gasteiger partial charge in [-0.1, -0.05) is 6.07 Å². The zero-order valence-electron chi connectivity index (χ0n) is 13.3. The highest BCUT2D eigenvalue weighted by atomic mass is 16.5. The molecule has 0 atom stereocenters. The zero-order chi connectivity index (χ0) is 16.8. The first-order valence-electron chi connectivity index (χ1n) is 7.64. The van der Waals surface area contributed by atoms with Gasteiger partial charge in [0, 0.05) is 30.4 Å². The number of H-pyrrole nitrogens is 1. The summed E-state index contributed by atoms with van der Waals surface area (Å²) in [5, 5.41) is 9.79. The Morgan fingerprint density at radius 1 is 1.21 bits per heavy atom. The zero-order valence-corrected chi connectivity index (χ0v) is 13.3. The average Bonchev–Trinajstić information content (AvgIpc) is 3.12. The van der Waals surface area contributed by atoms with E-state index in [4.69, 9.17) is 4.74 Å². The Hall–Kier alpha value is -3.15. The number of carbonyl (C=O) groups is 1. The van der Waals surface area contributed by atoms with Crippen molar-refractivity contribution in [1.29, 1.82) is 0 Å². The molecule has 0 aliphatic heterocycles. The Morgan fingerprint density at radius 2 is 2.04 bits per heavy atom. The smallest absolute Gasteiger partial charge is 0.255 e. The highest BCUT2D eigenvalue weighted by Gasteiger charge is 2.15. The van der Waals surface area contributed by atoms with Gasteiger partial charge in [0.15, 0.2) is 0 Å². The first kappa shape index (κ1) is 15.7. The number of nitrogens with zero attached hydrogens (tertiary/aromatic N) is 2. The predicted molar refractivity (Wildman–Crippen MR) is 90.8 cm³/mol. The molecule has 0 spiro atoms. The minimum atomic E-state index is -0.162. The minimum Gasteiger partial charge on any atom is -0.497 e. The number of aromatic amines is 1. The van der Waals surface area contributed by atoms with Gasteiger partial charge in [-0.15, -0.1) is 0 Å². The summed E-state index contributed by atoms with van der Waals surface area (Å²) < 4.78 is 5.15. The first-order valence-corrected chi connectivity index (χ1v) is 7.64. The van der Waals surface area contributed by atoms with Gasteiger partial charge < -0.3 is 10.1 Å². The van der Waals surface area contributed by atoms with Crippen molar-refractivity contribution in [3.63, 3.8) is 0 Å². The molecule has 2 aromatic heterocycles. The fraction of sp³-hybridized carbons (Fsp3) is 0.167. The lowest BCUT2D eigenvalue weighted by Gasteiger charge is -2.06. The fourth-order valence-corrected chi connectivity index (χ4v) is 2.38. The molecule has 0 saturated carbocycles. The number of aromatic nitrogens is 3. The van der Waals surface area contributed by atoms with Crippen LogP contribution in [0, 0.1) is 0 Å². The fourth-order valence-electron chi connectivity index (χ4n) is 2.38. The van der Waals surface area contributed by atoms with E-state index in [1.165, 1.54) is 6.20 Å². The monoisotopic (exact) mass is 322 g/mol. The van der Waals surface area contributed by atoms with E-state index in [9.17, 15) is 4.79 Å². The molecule has 0 unspecified atom stereocenters. The maximum absolute atomic E-state index is 12.4. The molecule has 122 valence electrons. The summed E-state index contributed by atoms with van der Waals surface area (Å²) in [4.78, 5) is 16.6. The van der Waals surface area contributed by atoms with Crippen molar-refractivity contribution in [3.05, 3.63) is 66.1 Å². The molecule has 0 bridgehead atoms. The second-order valence-electron chi connectivity index (χ2n) is 5.21. The van der Waals surface area contributed by atoms with E-state index >= 15 is 0 Å². The minimum absolute atomic E-state index is 0.162. The lowest BCUT2D eigenvalue weighted by Crippen LogP contribution is -2.26. The van der Waals surface area contributed by atoms with Crippen molar-refractivity contribution in [2.24, 2.45) is 0 Å². The number of amides is 1. The van der Waals surface area contributed by atoms with E-state index in [1.807, 2.05) is 42.5 Å². The van der Waals surface area contributed by atoms with Crippen molar-refractivity contribution in [2.75, 3.05) is 13.7 Å². The van der Waals surface area contributed by atoms with Crippen molar-refractivity contribution in [2.45, 2.75) is 6.42 Å². The van der Waals surface area contributed by atoms with Gasteiger partial charge in [0.2, 0.25) is 0 Å². The number of hydrogen-bond acceptors (Lipinski definition) is 4. The summed E-state index contributed by atoms with van der Waals surface area (Å²) in [6.45, 7) is 0.517. The molecular weight excluding hydrogens is 304 g/mol. The summed E-state index contributed by atoms with van der Waals surface area (Å²) in [6, 6.07) is 13.2. The third-order valence-electron chi connectivity index (χ3n) is 3.66. The van der Waals surface area contributed by atoms with Crippen LogP contribution in [0.15, 0.2) is 54.9 Å². The van der Waals surface area contributed by atoms with Crippen molar-refractivity contribution in [1.82, 2.24) is 20.5 Å². The van der Waals surface area contributed by atoms with Gasteiger partial charge in [-0.3, -0.25) is 14.9 Å². The Kier molecular flexibility index (Phi) is 4.86. The second kappa shape index (κ2) is 7.41. The SMILES string of the molecule is COc1ccc(-c2[nH]ncc2C(=O)NCCc2ccccn2)cc1. The van der Waals surface area contributed by atoms with Crippen molar-refractivity contribution < 1.29 is 9.53 Å². The third kappa shape index (κ3) is 3.60. The van der Waals surface area contributed by atoms with E-state index in [-0.39, 0.29) is 5.91 Å². The molecule has 2 N–H and O–H groups in total. The van der Waals surface area contributed by atoms with Crippen LogP contribution in [-0.2, 0) is 6.42 Å². The van der Waals surface area contributed by atoms with Crippen LogP contribution in [0.2, 0.25) is 0 Å². The second-order valence-corrected chi connectivity index (χ2v) is 5.21. The maximum atomic E-state index is 12.4. The Bertz CT molecular complexity index is 797. The lowest BCUT2D eigenvalue weighted by molar-refractivity contribution is 0.0955. The molecule has 0 radical (unpaired) electrons. The van der Waals surface area contributed by atoms with Crippen LogP contribution >= 0.6 is 0 Å². The predicted octanol–water partition coefficient (Wildman–Crippen LogP) is 2.45. The van der Waals surface area contributed by atoms with Gasteiger partial charge in [-0.05, 0) is 36.4 Å². The van der Waals surface area contributed by atoms with Gasteiger partial charge in [0.1, 0.15) is 5.75 Å². The molecule has 3 aromatic rings. The number of carbonyl (C=O) groups excluding carboxylic acids is 1. The number of ether oxygens (including phenoxy) is 1. The molecule has 0 aliphatic carbocycles. The van der Waals surface area contributed by atoms with Crippen LogP contribution in [0.25, 0.3) is 11.3 Å². The lowest BCUT2D eigenvalue weighted by atomic mass is 10.1. The van der Waals surface area contributed by atoms with E-state index < -0.39 is 0 Å². The van der Waals surface area contributed by atoms with E-state index in [0.717, 1.165) is 17.0 Å². The molecule has 0 aliphatic rings. The normalized spacial score (nSPS) is 10.4. The third-order valence-corrected chi connectivity index (χ3v) is 3.66. The highest BCUT2D eigenvalue weighted by molar-refractivity contribution is 5.99. The van der Waals surface area contributed by atoms with E-state index in [0.29, 0.717) is 24.2 Å². The number of benzene rings is 1. The quantitative estimate of drug-likeness (QED) is 0.730. The van der Waals surface area contributed by atoms with Crippen molar-refractivity contribution >= 4 is 5.91 Å². The largest absolute Gasteiger partial charge is 0.497 e. The maximum Gasteiger partial charge on any atom is 0.255 e. The van der Waals surface area contributed by atoms with Crippen LogP contribution in [-0.4, -0.2) is 34.7 Å². The summed E-state index contributed by atoms with van der Waals surface area (Å²) in [5.41, 5.74) is 3.03. The number of rotatable bonds is 6. The van der Waals surface area contributed by atoms with Crippen LogP contribution < -0.4 is 10.1 Å². The number of methoxy groups -OCH3 is 1. The summed E-state index contributed by atoms with van der Waals surface area (Å²) >= 11 is 0. The van der Waals surface area contributed by atoms with Gasteiger partial charge in [-0.25, -0.2) is 0 Å².